The number of rotatable bonds is 3. The molecule has 2 N–H and O–H groups in total. The van der Waals surface area contributed by atoms with Crippen LogP contribution in [-0.2, 0) is 4.79 Å². The highest BCUT2D eigenvalue weighted by Gasteiger charge is 2.29. The molecule has 0 spiro atoms. The van der Waals surface area contributed by atoms with Gasteiger partial charge in [0.15, 0.2) is 0 Å². The molecule has 0 saturated carbocycles. The normalized spacial score (nSPS) is 15.0. The lowest BCUT2D eigenvalue weighted by atomic mass is 9.95. The van der Waals surface area contributed by atoms with Crippen molar-refractivity contribution < 1.29 is 24.2 Å². The van der Waals surface area contributed by atoms with Gasteiger partial charge >= 0.3 is 0 Å². The number of carbonyl (C=O) groups excluding carboxylic acids is 2. The van der Waals surface area contributed by atoms with Gasteiger partial charge in [-0.15, -0.1) is 0 Å². The Morgan fingerprint density at radius 1 is 1.04 bits per heavy atom. The van der Waals surface area contributed by atoms with E-state index in [0.29, 0.717) is 28.3 Å². The largest absolute Gasteiger partial charge is 0.508 e. The number of phenolic OH excluding ortho intramolecular Hbond substituents is 1. The Balaban J connectivity index is 2.06. The average molecular weight is 325 g/mol. The Hall–Kier alpha value is -3.28. The number of phenols is 1. The molecule has 1 heterocycles. The van der Waals surface area contributed by atoms with Gasteiger partial charge in [0, 0.05) is 23.3 Å². The van der Waals surface area contributed by atoms with Crippen LogP contribution in [0.25, 0.3) is 6.08 Å². The Morgan fingerprint density at radius 2 is 1.83 bits per heavy atom. The maximum Gasteiger partial charge on any atom is 0.259 e. The van der Waals surface area contributed by atoms with Crippen LogP contribution in [-0.4, -0.2) is 31.0 Å². The summed E-state index contributed by atoms with van der Waals surface area (Å²) in [5.74, 6) is 0.0615. The predicted octanol–water partition coefficient (Wildman–Crippen LogP) is 2.63. The summed E-state index contributed by atoms with van der Waals surface area (Å²) in [6.45, 7) is 0. The molecule has 1 aliphatic heterocycles. The highest BCUT2D eigenvalue weighted by molar-refractivity contribution is 6.36. The predicted molar refractivity (Wildman–Crippen MR) is 88.6 cm³/mol. The maximum absolute atomic E-state index is 12.6. The number of hydrogen-bond acceptors (Lipinski definition) is 5. The number of nitrogens with one attached hydrogen (secondary N) is 1. The number of ether oxygens (including phenoxy) is 2. The van der Waals surface area contributed by atoms with E-state index in [-0.39, 0.29) is 17.1 Å². The third kappa shape index (κ3) is 2.69. The lowest BCUT2D eigenvalue weighted by Gasteiger charge is -2.19. The molecule has 0 atom stereocenters. The monoisotopic (exact) mass is 325 g/mol. The third-order valence-corrected chi connectivity index (χ3v) is 3.73. The summed E-state index contributed by atoms with van der Waals surface area (Å²) < 4.78 is 10.3. The van der Waals surface area contributed by atoms with Crippen LogP contribution in [0.1, 0.15) is 15.9 Å². The quantitative estimate of drug-likeness (QED) is 0.669. The molecule has 0 radical (unpaired) electrons. The van der Waals surface area contributed by atoms with Crippen LogP contribution < -0.4 is 14.8 Å². The Kier molecular flexibility index (Phi) is 3.95. The van der Waals surface area contributed by atoms with Gasteiger partial charge in [0.1, 0.15) is 17.2 Å². The number of anilines is 1. The van der Waals surface area contributed by atoms with Crippen LogP contribution >= 0.6 is 0 Å². The van der Waals surface area contributed by atoms with Crippen molar-refractivity contribution >= 4 is 23.5 Å². The van der Waals surface area contributed by atoms with Crippen molar-refractivity contribution in [3.63, 3.8) is 0 Å². The first-order chi connectivity index (χ1) is 11.5. The minimum absolute atomic E-state index is 0.00310. The van der Waals surface area contributed by atoms with E-state index in [1.807, 2.05) is 0 Å². The fourth-order valence-corrected chi connectivity index (χ4v) is 2.50. The molecule has 1 amide bonds. The van der Waals surface area contributed by atoms with Gasteiger partial charge in [-0.1, -0.05) is 0 Å². The van der Waals surface area contributed by atoms with Gasteiger partial charge in [0.25, 0.3) is 5.91 Å². The third-order valence-electron chi connectivity index (χ3n) is 3.73. The lowest BCUT2D eigenvalue weighted by Crippen LogP contribution is -2.27. The van der Waals surface area contributed by atoms with E-state index in [9.17, 15) is 14.7 Å². The number of fused-ring (bicyclic) bond motifs is 1. The lowest BCUT2D eigenvalue weighted by molar-refractivity contribution is -0.112. The molecule has 3 rings (SSSR count). The molecule has 2 aromatic carbocycles. The molecule has 0 saturated heterocycles. The molecule has 0 aliphatic carbocycles. The number of methoxy groups -OCH3 is 2. The first kappa shape index (κ1) is 15.6. The summed E-state index contributed by atoms with van der Waals surface area (Å²) in [6.07, 6.45) is 1.45. The van der Waals surface area contributed by atoms with Crippen molar-refractivity contribution in [1.29, 1.82) is 0 Å². The van der Waals surface area contributed by atoms with E-state index in [0.717, 1.165) is 0 Å². The topological polar surface area (TPSA) is 84.9 Å². The first-order valence-electron chi connectivity index (χ1n) is 7.16. The zero-order valence-electron chi connectivity index (χ0n) is 13.1. The minimum Gasteiger partial charge on any atom is -0.508 e. The van der Waals surface area contributed by atoms with Crippen molar-refractivity contribution in [2.24, 2.45) is 0 Å². The van der Waals surface area contributed by atoms with Crippen LogP contribution in [0.2, 0.25) is 0 Å². The molecule has 24 heavy (non-hydrogen) atoms. The SMILES string of the molecule is COc1ccc2c(c1)NC(=O)/C(=C/c1ccc(O)cc1OC)C2=O. The highest BCUT2D eigenvalue weighted by Crippen LogP contribution is 2.32. The number of aromatic hydroxyl groups is 1. The molecule has 0 unspecified atom stereocenters. The molecule has 6 heteroatoms. The summed E-state index contributed by atoms with van der Waals surface area (Å²) in [5.41, 5.74) is 1.32. The van der Waals surface area contributed by atoms with E-state index in [4.69, 9.17) is 9.47 Å². The van der Waals surface area contributed by atoms with Crippen molar-refractivity contribution in [1.82, 2.24) is 0 Å². The summed E-state index contributed by atoms with van der Waals surface area (Å²) >= 11 is 0. The fraction of sp³-hybridized carbons (Fsp3) is 0.111. The van der Waals surface area contributed by atoms with Crippen LogP contribution in [0.4, 0.5) is 5.69 Å². The van der Waals surface area contributed by atoms with Gasteiger partial charge in [0.05, 0.1) is 25.5 Å². The van der Waals surface area contributed by atoms with Gasteiger partial charge in [-0.05, 0) is 30.3 Å². The molecule has 6 nitrogen and oxygen atoms in total. The highest BCUT2D eigenvalue weighted by atomic mass is 16.5. The smallest absolute Gasteiger partial charge is 0.259 e. The standard InChI is InChI=1S/C18H15NO5/c1-23-12-5-6-13-15(9-12)19-18(22)14(17(13)21)7-10-3-4-11(20)8-16(10)24-2/h3-9,20H,1-2H3,(H,19,22)/b14-7+. The van der Waals surface area contributed by atoms with Crippen LogP contribution in [0, 0.1) is 0 Å². The van der Waals surface area contributed by atoms with Gasteiger partial charge in [0.2, 0.25) is 5.78 Å². The van der Waals surface area contributed by atoms with Crippen molar-refractivity contribution in [2.75, 3.05) is 19.5 Å². The van der Waals surface area contributed by atoms with Crippen molar-refractivity contribution in [3.05, 3.63) is 53.1 Å². The number of benzene rings is 2. The molecule has 0 aromatic heterocycles. The number of hydrogen-bond donors (Lipinski definition) is 2. The number of carbonyl (C=O) groups is 2. The summed E-state index contributed by atoms with van der Waals surface area (Å²) in [7, 11) is 2.96. The van der Waals surface area contributed by atoms with E-state index in [2.05, 4.69) is 5.32 Å². The van der Waals surface area contributed by atoms with Gasteiger partial charge < -0.3 is 19.9 Å². The average Bonchev–Trinajstić information content (AvgIpc) is 2.58. The number of ketones is 1. The number of Topliss-reactive ketones (excluding diaryl/α,β-unsaturated/α-hetero) is 1. The molecule has 0 bridgehead atoms. The molecule has 1 aliphatic rings. The van der Waals surface area contributed by atoms with Crippen molar-refractivity contribution in [2.45, 2.75) is 0 Å². The second kappa shape index (κ2) is 6.08. The van der Waals surface area contributed by atoms with Crippen LogP contribution in [0.15, 0.2) is 42.0 Å². The zero-order valence-corrected chi connectivity index (χ0v) is 13.1. The summed E-state index contributed by atoms with van der Waals surface area (Å²) in [5, 5.41) is 12.2. The van der Waals surface area contributed by atoms with E-state index in [1.54, 1.807) is 24.3 Å². The Labute approximate surface area is 138 Å². The van der Waals surface area contributed by atoms with Crippen LogP contribution in [0.5, 0.6) is 17.2 Å². The molecule has 122 valence electrons. The zero-order chi connectivity index (χ0) is 17.3. The van der Waals surface area contributed by atoms with Gasteiger partial charge in [-0.25, -0.2) is 0 Å². The second-order valence-electron chi connectivity index (χ2n) is 5.18. The Morgan fingerprint density at radius 3 is 2.54 bits per heavy atom. The second-order valence-corrected chi connectivity index (χ2v) is 5.18. The number of amides is 1. The summed E-state index contributed by atoms with van der Waals surface area (Å²) in [6, 6.07) is 9.31. The molecular weight excluding hydrogens is 310 g/mol. The van der Waals surface area contributed by atoms with Crippen LogP contribution in [0.3, 0.4) is 0 Å². The maximum atomic E-state index is 12.6. The minimum atomic E-state index is -0.504. The molecular formula is C18H15NO5. The first-order valence-corrected chi connectivity index (χ1v) is 7.16. The van der Waals surface area contributed by atoms with E-state index in [1.165, 1.54) is 32.4 Å². The van der Waals surface area contributed by atoms with Crippen molar-refractivity contribution in [3.8, 4) is 17.2 Å². The molecule has 2 aromatic rings. The fourth-order valence-electron chi connectivity index (χ4n) is 2.50. The van der Waals surface area contributed by atoms with Gasteiger partial charge in [-0.2, -0.15) is 0 Å². The summed E-state index contributed by atoms with van der Waals surface area (Å²) in [4.78, 5) is 24.9. The van der Waals surface area contributed by atoms with Gasteiger partial charge in [-0.3, -0.25) is 9.59 Å². The van der Waals surface area contributed by atoms with E-state index < -0.39 is 5.91 Å². The Bertz CT molecular complexity index is 870. The van der Waals surface area contributed by atoms with E-state index >= 15 is 0 Å². The molecule has 0 fully saturated rings.